The number of hydrogen-bond acceptors (Lipinski definition) is 4. The quantitative estimate of drug-likeness (QED) is 0.845. The summed E-state index contributed by atoms with van der Waals surface area (Å²) in [5.41, 5.74) is 0.892. The Kier molecular flexibility index (Phi) is 5.91. The number of halogens is 1. The van der Waals surface area contributed by atoms with Crippen LogP contribution in [0.3, 0.4) is 0 Å². The maximum absolute atomic E-state index is 9.75. The van der Waals surface area contributed by atoms with Gasteiger partial charge in [0.15, 0.2) is 0 Å². The number of benzene rings is 1. The molecule has 108 valence electrons. The van der Waals surface area contributed by atoms with Crippen molar-refractivity contribution in [3.8, 4) is 11.5 Å². The van der Waals surface area contributed by atoms with Gasteiger partial charge < -0.3 is 19.7 Å². The standard InChI is InChI=1S/C14H21ClO4/c1-8(5-12(17)9(2)16)10-6-14(19-4)11(15)7-13(10)18-3/h6-9,12,16-17H,5H2,1-4H3. The highest BCUT2D eigenvalue weighted by Crippen LogP contribution is 2.37. The molecule has 0 aromatic heterocycles. The smallest absolute Gasteiger partial charge is 0.138 e. The molecule has 5 heteroatoms. The van der Waals surface area contributed by atoms with Crippen LogP contribution in [0.1, 0.15) is 31.7 Å². The number of hydrogen-bond donors (Lipinski definition) is 2. The van der Waals surface area contributed by atoms with E-state index in [-0.39, 0.29) is 5.92 Å². The van der Waals surface area contributed by atoms with Crippen molar-refractivity contribution in [1.29, 1.82) is 0 Å². The molecule has 0 radical (unpaired) electrons. The topological polar surface area (TPSA) is 58.9 Å². The van der Waals surface area contributed by atoms with Gasteiger partial charge in [-0.2, -0.15) is 0 Å². The second-order valence-electron chi connectivity index (χ2n) is 4.67. The SMILES string of the molecule is COc1cc(C(C)CC(O)C(C)O)c(OC)cc1Cl. The molecule has 3 unspecified atom stereocenters. The Balaban J connectivity index is 3.03. The van der Waals surface area contributed by atoms with E-state index in [1.54, 1.807) is 33.3 Å². The van der Waals surface area contributed by atoms with Crippen molar-refractivity contribution < 1.29 is 19.7 Å². The minimum absolute atomic E-state index is 0.00529. The highest BCUT2D eigenvalue weighted by atomic mass is 35.5. The van der Waals surface area contributed by atoms with Crippen molar-refractivity contribution in [2.24, 2.45) is 0 Å². The molecular weight excluding hydrogens is 268 g/mol. The van der Waals surface area contributed by atoms with Crippen molar-refractivity contribution in [2.75, 3.05) is 14.2 Å². The fraction of sp³-hybridized carbons (Fsp3) is 0.571. The minimum atomic E-state index is -0.777. The van der Waals surface area contributed by atoms with Gasteiger partial charge in [-0.15, -0.1) is 0 Å². The van der Waals surface area contributed by atoms with Gasteiger partial charge in [0.1, 0.15) is 11.5 Å². The average molecular weight is 289 g/mol. The molecule has 0 amide bonds. The fourth-order valence-corrected chi connectivity index (χ4v) is 2.19. The molecule has 0 saturated heterocycles. The number of methoxy groups -OCH3 is 2. The summed E-state index contributed by atoms with van der Waals surface area (Å²) in [7, 11) is 3.12. The van der Waals surface area contributed by atoms with E-state index in [1.165, 1.54) is 0 Å². The number of rotatable bonds is 6. The molecule has 0 aliphatic carbocycles. The van der Waals surface area contributed by atoms with E-state index in [9.17, 15) is 10.2 Å². The lowest BCUT2D eigenvalue weighted by Crippen LogP contribution is -2.24. The van der Waals surface area contributed by atoms with Crippen molar-refractivity contribution >= 4 is 11.6 Å². The average Bonchev–Trinajstić information content (AvgIpc) is 2.37. The van der Waals surface area contributed by atoms with E-state index in [0.29, 0.717) is 22.9 Å². The molecule has 2 N–H and O–H groups in total. The van der Waals surface area contributed by atoms with Crippen molar-refractivity contribution in [3.05, 3.63) is 22.7 Å². The molecule has 1 rings (SSSR count). The molecule has 19 heavy (non-hydrogen) atoms. The molecule has 0 aliphatic heterocycles. The molecule has 0 fully saturated rings. The molecular formula is C14H21ClO4. The van der Waals surface area contributed by atoms with Crippen LogP contribution in [-0.2, 0) is 0 Å². The first kappa shape index (κ1) is 16.1. The summed E-state index contributed by atoms with van der Waals surface area (Å²) < 4.78 is 10.5. The van der Waals surface area contributed by atoms with Gasteiger partial charge in [0.05, 0.1) is 31.5 Å². The van der Waals surface area contributed by atoms with E-state index in [0.717, 1.165) is 5.56 Å². The van der Waals surface area contributed by atoms with Gasteiger partial charge in [0.25, 0.3) is 0 Å². The normalized spacial score (nSPS) is 15.7. The van der Waals surface area contributed by atoms with Gasteiger partial charge in [-0.3, -0.25) is 0 Å². The van der Waals surface area contributed by atoms with Crippen molar-refractivity contribution in [3.63, 3.8) is 0 Å². The Bertz CT molecular complexity index is 420. The lowest BCUT2D eigenvalue weighted by atomic mass is 9.92. The zero-order chi connectivity index (χ0) is 14.6. The fourth-order valence-electron chi connectivity index (χ4n) is 1.96. The van der Waals surface area contributed by atoms with Crippen molar-refractivity contribution in [1.82, 2.24) is 0 Å². The third-order valence-corrected chi connectivity index (χ3v) is 3.48. The summed E-state index contributed by atoms with van der Waals surface area (Å²) in [5.74, 6) is 1.22. The highest BCUT2D eigenvalue weighted by molar-refractivity contribution is 6.32. The first-order valence-corrected chi connectivity index (χ1v) is 6.56. The maximum atomic E-state index is 9.75. The van der Waals surface area contributed by atoms with Crippen LogP contribution < -0.4 is 9.47 Å². The van der Waals surface area contributed by atoms with E-state index in [4.69, 9.17) is 21.1 Å². The van der Waals surface area contributed by atoms with Crippen LogP contribution in [0.5, 0.6) is 11.5 Å². The van der Waals surface area contributed by atoms with E-state index in [1.807, 2.05) is 6.92 Å². The van der Waals surface area contributed by atoms with Gasteiger partial charge in [0, 0.05) is 11.6 Å². The Hall–Kier alpha value is -0.970. The van der Waals surface area contributed by atoms with Crippen LogP contribution in [0.25, 0.3) is 0 Å². The van der Waals surface area contributed by atoms with Gasteiger partial charge in [-0.25, -0.2) is 0 Å². The zero-order valence-electron chi connectivity index (χ0n) is 11.7. The van der Waals surface area contributed by atoms with Gasteiger partial charge >= 0.3 is 0 Å². The Morgan fingerprint density at radius 2 is 1.68 bits per heavy atom. The van der Waals surface area contributed by atoms with Gasteiger partial charge in [-0.05, 0) is 25.3 Å². The molecule has 0 spiro atoms. The third kappa shape index (κ3) is 4.00. The third-order valence-electron chi connectivity index (χ3n) is 3.19. The first-order chi connectivity index (χ1) is 8.90. The predicted octanol–water partition coefficient (Wildman–Crippen LogP) is 2.59. The predicted molar refractivity (Wildman–Crippen MR) is 75.3 cm³/mol. The lowest BCUT2D eigenvalue weighted by Gasteiger charge is -2.21. The second-order valence-corrected chi connectivity index (χ2v) is 5.08. The molecule has 1 aromatic carbocycles. The van der Waals surface area contributed by atoms with Gasteiger partial charge in [0.2, 0.25) is 0 Å². The Morgan fingerprint density at radius 3 is 2.16 bits per heavy atom. The Morgan fingerprint density at radius 1 is 1.11 bits per heavy atom. The molecule has 4 nitrogen and oxygen atoms in total. The zero-order valence-corrected chi connectivity index (χ0v) is 12.4. The van der Waals surface area contributed by atoms with Crippen LogP contribution in [0, 0.1) is 0 Å². The summed E-state index contributed by atoms with van der Waals surface area (Å²) in [5, 5.41) is 19.6. The van der Waals surface area contributed by atoms with E-state index >= 15 is 0 Å². The first-order valence-electron chi connectivity index (χ1n) is 6.18. The number of ether oxygens (including phenoxy) is 2. The summed E-state index contributed by atoms with van der Waals surface area (Å²) in [4.78, 5) is 0. The summed E-state index contributed by atoms with van der Waals surface area (Å²) >= 11 is 6.05. The summed E-state index contributed by atoms with van der Waals surface area (Å²) in [6, 6.07) is 3.50. The van der Waals surface area contributed by atoms with Crippen LogP contribution in [0.4, 0.5) is 0 Å². The summed E-state index contributed by atoms with van der Waals surface area (Å²) in [6.07, 6.45) is -1.11. The molecule has 0 heterocycles. The van der Waals surface area contributed by atoms with E-state index < -0.39 is 12.2 Å². The molecule has 1 aromatic rings. The minimum Gasteiger partial charge on any atom is -0.496 e. The maximum Gasteiger partial charge on any atom is 0.138 e. The second kappa shape index (κ2) is 6.98. The van der Waals surface area contributed by atoms with Crippen molar-refractivity contribution in [2.45, 2.75) is 38.4 Å². The number of aliphatic hydroxyl groups is 2. The van der Waals surface area contributed by atoms with Gasteiger partial charge in [-0.1, -0.05) is 18.5 Å². The van der Waals surface area contributed by atoms with Crippen LogP contribution in [0.15, 0.2) is 12.1 Å². The molecule has 0 saturated carbocycles. The molecule has 0 bridgehead atoms. The molecule has 3 atom stereocenters. The lowest BCUT2D eigenvalue weighted by molar-refractivity contribution is 0.0226. The Labute approximate surface area is 118 Å². The summed E-state index contributed by atoms with van der Waals surface area (Å²) in [6.45, 7) is 3.52. The monoisotopic (exact) mass is 288 g/mol. The number of aliphatic hydroxyl groups excluding tert-OH is 2. The van der Waals surface area contributed by atoms with E-state index in [2.05, 4.69) is 0 Å². The van der Waals surface area contributed by atoms with Crippen LogP contribution >= 0.6 is 11.6 Å². The highest BCUT2D eigenvalue weighted by Gasteiger charge is 2.20. The molecule has 0 aliphatic rings. The van der Waals surface area contributed by atoms with Crippen LogP contribution in [-0.4, -0.2) is 36.6 Å². The largest absolute Gasteiger partial charge is 0.496 e. The van der Waals surface area contributed by atoms with Crippen LogP contribution in [0.2, 0.25) is 5.02 Å².